The van der Waals surface area contributed by atoms with Crippen molar-refractivity contribution in [1.82, 2.24) is 4.98 Å². The van der Waals surface area contributed by atoms with Crippen molar-refractivity contribution in [3.8, 4) is 66.9 Å². The van der Waals surface area contributed by atoms with Gasteiger partial charge in [0.15, 0.2) is 0 Å². The predicted molar refractivity (Wildman–Crippen MR) is 366 cm³/mol. The average molecular weight is 1110 g/mol. The third-order valence-corrected chi connectivity index (χ3v) is 17.0. The first-order valence-electron chi connectivity index (χ1n) is 34.6. The van der Waals surface area contributed by atoms with Crippen LogP contribution in [0.4, 0.5) is 34.1 Å². The molecule has 13 rings (SSSR count). The number of benzene rings is 10. The number of pyridine rings is 1. The maximum absolute atomic E-state index is 9.51. The summed E-state index contributed by atoms with van der Waals surface area (Å²) in [5.41, 5.74) is 18.5. The summed E-state index contributed by atoms with van der Waals surface area (Å²) in [5.74, 6) is 0. The van der Waals surface area contributed by atoms with Crippen molar-refractivity contribution in [2.45, 2.75) is 105 Å². The summed E-state index contributed by atoms with van der Waals surface area (Å²) in [4.78, 5) is 10.4. The van der Waals surface area contributed by atoms with E-state index in [9.17, 15) is 5.48 Å². The first-order valence-corrected chi connectivity index (χ1v) is 29.6. The standard InChI is InChI=1S/C81H76BN3/c1-78(2,3)60-47-63(55-33-22-15-23-34-55)76(64(48-60)56-35-24-16-25-36-56)84-70-45-58(53-29-18-13-19-30-53)41-43-67(70)82-68-44-42-59(54-31-20-14-21-32-54)46-71(68)85(73-52-62(80(7,8)9)51-72(84)75(73)82)77-65(57-37-26-17-27-38-57)49-61(79(4,5)6)50-66(77)69-39-28-40-74(83-69)81(10,11)12/h13-52H,1-12H3/i13D,14D,18D,19D,20D,21D,29D,30D,31D,32D. The first kappa shape index (κ1) is 44.5. The highest BCUT2D eigenvalue weighted by molar-refractivity contribution is 7.00. The Morgan fingerprint density at radius 3 is 1.09 bits per heavy atom. The van der Waals surface area contributed by atoms with E-state index < -0.39 is 48.4 Å². The number of aromatic nitrogens is 1. The molecule has 0 amide bonds. The van der Waals surface area contributed by atoms with Gasteiger partial charge in [-0.05, 0) is 149 Å². The normalized spacial score (nSPS) is 14.8. The molecule has 2 aliphatic rings. The van der Waals surface area contributed by atoms with Gasteiger partial charge in [0.25, 0.3) is 6.71 Å². The fourth-order valence-corrected chi connectivity index (χ4v) is 12.3. The second-order valence-electron chi connectivity index (χ2n) is 26.9. The summed E-state index contributed by atoms with van der Waals surface area (Å²) in [5, 5.41) is 0. The van der Waals surface area contributed by atoms with Crippen LogP contribution < -0.4 is 26.2 Å². The van der Waals surface area contributed by atoms with Gasteiger partial charge < -0.3 is 9.80 Å². The molecule has 3 nitrogen and oxygen atoms in total. The van der Waals surface area contributed by atoms with E-state index >= 15 is 0 Å². The predicted octanol–water partition coefficient (Wildman–Crippen LogP) is 20.4. The van der Waals surface area contributed by atoms with E-state index in [0.29, 0.717) is 16.8 Å². The van der Waals surface area contributed by atoms with E-state index in [-0.39, 0.29) is 51.5 Å². The van der Waals surface area contributed by atoms with E-state index in [1.807, 2.05) is 42.5 Å². The Labute approximate surface area is 519 Å². The third-order valence-electron chi connectivity index (χ3n) is 17.0. The number of anilines is 6. The quantitative estimate of drug-likeness (QED) is 0.141. The summed E-state index contributed by atoms with van der Waals surface area (Å²) in [6.07, 6.45) is 0. The van der Waals surface area contributed by atoms with Crippen LogP contribution >= 0.6 is 0 Å². The molecule has 0 saturated heterocycles. The topological polar surface area (TPSA) is 19.4 Å². The summed E-state index contributed by atoms with van der Waals surface area (Å²) in [7, 11) is 0. The van der Waals surface area contributed by atoms with Crippen molar-refractivity contribution in [1.29, 1.82) is 0 Å². The highest BCUT2D eigenvalue weighted by Crippen LogP contribution is 2.55. The monoisotopic (exact) mass is 1110 g/mol. The molecule has 10 aromatic carbocycles. The Kier molecular flexibility index (Phi) is 11.0. The molecule has 418 valence electrons. The Hall–Kier alpha value is -8.99. The molecule has 4 heteroatoms. The molecule has 0 atom stereocenters. The Bertz CT molecular complexity index is 4830. The van der Waals surface area contributed by atoms with Crippen molar-refractivity contribution < 1.29 is 13.7 Å². The number of hydrogen-bond acceptors (Lipinski definition) is 3. The lowest BCUT2D eigenvalue weighted by Gasteiger charge is -2.47. The fraction of sp³-hybridized carbons (Fsp3) is 0.198. The molecule has 1 aromatic heterocycles. The van der Waals surface area contributed by atoms with Gasteiger partial charge in [0.05, 0.1) is 30.8 Å². The zero-order valence-electron chi connectivity index (χ0n) is 60.7. The van der Waals surface area contributed by atoms with Crippen LogP contribution in [0.1, 0.15) is 119 Å². The van der Waals surface area contributed by atoms with Crippen molar-refractivity contribution in [2.24, 2.45) is 0 Å². The lowest BCUT2D eigenvalue weighted by molar-refractivity contribution is 0.569. The summed E-state index contributed by atoms with van der Waals surface area (Å²) in [6.45, 7) is 26.0. The molecule has 0 unspecified atom stereocenters. The molecule has 3 heterocycles. The van der Waals surface area contributed by atoms with E-state index in [1.165, 1.54) is 0 Å². The maximum Gasteiger partial charge on any atom is 0.252 e. The number of hydrogen-bond donors (Lipinski definition) is 0. The van der Waals surface area contributed by atoms with Crippen LogP contribution in [0.25, 0.3) is 66.9 Å². The minimum absolute atomic E-state index is 0.0684. The molecule has 0 spiro atoms. The molecule has 0 N–H and O–H groups in total. The maximum atomic E-state index is 9.51. The van der Waals surface area contributed by atoms with Crippen molar-refractivity contribution >= 4 is 57.2 Å². The molecule has 85 heavy (non-hydrogen) atoms. The molecular weight excluding hydrogens is 1030 g/mol. The number of rotatable bonds is 8. The van der Waals surface area contributed by atoms with E-state index in [0.717, 1.165) is 112 Å². The van der Waals surface area contributed by atoms with Gasteiger partial charge in [-0.2, -0.15) is 0 Å². The first-order chi connectivity index (χ1) is 44.8. The largest absolute Gasteiger partial charge is 0.310 e. The molecule has 0 aliphatic carbocycles. The van der Waals surface area contributed by atoms with Crippen LogP contribution in [0.5, 0.6) is 0 Å². The van der Waals surface area contributed by atoms with Crippen LogP contribution in [0, 0.1) is 0 Å². The van der Waals surface area contributed by atoms with Crippen LogP contribution in [-0.4, -0.2) is 11.7 Å². The van der Waals surface area contributed by atoms with Gasteiger partial charge in [0.2, 0.25) is 0 Å². The zero-order valence-corrected chi connectivity index (χ0v) is 50.7. The van der Waals surface area contributed by atoms with Crippen molar-refractivity contribution in [2.75, 3.05) is 9.80 Å². The third kappa shape index (κ3) is 10.1. The van der Waals surface area contributed by atoms with Crippen molar-refractivity contribution in [3.05, 3.63) is 265 Å². The summed E-state index contributed by atoms with van der Waals surface area (Å²) >= 11 is 0. The van der Waals surface area contributed by atoms with Crippen molar-refractivity contribution in [3.63, 3.8) is 0 Å². The highest BCUT2D eigenvalue weighted by atomic mass is 15.2. The van der Waals surface area contributed by atoms with Gasteiger partial charge >= 0.3 is 0 Å². The minimum Gasteiger partial charge on any atom is -0.310 e. The van der Waals surface area contributed by atoms with Crippen LogP contribution in [0.2, 0.25) is 0 Å². The number of fused-ring (bicyclic) bond motifs is 4. The average Bonchev–Trinajstić information content (AvgIpc) is 0.686. The molecule has 0 saturated carbocycles. The van der Waals surface area contributed by atoms with Crippen LogP contribution in [0.3, 0.4) is 0 Å². The van der Waals surface area contributed by atoms with E-state index in [2.05, 4.69) is 232 Å². The second kappa shape index (κ2) is 21.0. The lowest BCUT2D eigenvalue weighted by Crippen LogP contribution is -2.61. The minimum atomic E-state index is -0.580. The second-order valence-corrected chi connectivity index (χ2v) is 26.9. The Morgan fingerprint density at radius 1 is 0.329 bits per heavy atom. The van der Waals surface area contributed by atoms with Crippen LogP contribution in [0.15, 0.2) is 242 Å². The van der Waals surface area contributed by atoms with E-state index in [1.54, 1.807) is 0 Å². The SMILES string of the molecule is [2H]c1c([2H])c([2H])c(-c2ccc3c(c2)N(c2c(-c4ccccc4)cc(C(C)(C)C)cc2-c2ccccc2)c2cc(C(C)(C)C)cc4c2B3c2ccc(-c3c([2H])c([2H])c([2H])c([2H])c3[2H])cc2N4c2c(-c3ccccc3)cc(C(C)(C)C)cc2-c2cccc(C(C)(C)C)n2)c([2H])c1[2H]. The van der Waals surface area contributed by atoms with Crippen LogP contribution in [-0.2, 0) is 21.7 Å². The summed E-state index contributed by atoms with van der Waals surface area (Å²) < 4.78 is 91.4. The molecule has 0 fully saturated rings. The Morgan fingerprint density at radius 2 is 0.706 bits per heavy atom. The van der Waals surface area contributed by atoms with E-state index in [4.69, 9.17) is 13.2 Å². The van der Waals surface area contributed by atoms with Gasteiger partial charge in [-0.1, -0.05) is 265 Å². The summed E-state index contributed by atoms with van der Waals surface area (Å²) in [6, 6.07) is 59.5. The smallest absolute Gasteiger partial charge is 0.252 e. The van der Waals surface area contributed by atoms with Gasteiger partial charge in [0, 0.05) is 56.1 Å². The number of nitrogens with zero attached hydrogens (tertiary/aromatic N) is 3. The Balaban J connectivity index is 1.28. The molecule has 0 radical (unpaired) electrons. The molecule has 0 bridgehead atoms. The zero-order chi connectivity index (χ0) is 67.9. The molecule has 11 aromatic rings. The van der Waals surface area contributed by atoms with Gasteiger partial charge in [-0.3, -0.25) is 4.98 Å². The molecule has 2 aliphatic heterocycles. The van der Waals surface area contributed by atoms with Gasteiger partial charge in [-0.15, -0.1) is 0 Å². The molecular formula is C81H76BN3. The fourth-order valence-electron chi connectivity index (χ4n) is 12.3. The van der Waals surface area contributed by atoms with Gasteiger partial charge in [-0.25, -0.2) is 0 Å². The lowest BCUT2D eigenvalue weighted by atomic mass is 9.33. The highest BCUT2D eigenvalue weighted by Gasteiger charge is 2.46. The van der Waals surface area contributed by atoms with Gasteiger partial charge in [0.1, 0.15) is 0 Å².